The summed E-state index contributed by atoms with van der Waals surface area (Å²) >= 11 is 1.62. The van der Waals surface area contributed by atoms with Crippen LogP contribution < -0.4 is 4.90 Å². The lowest BCUT2D eigenvalue weighted by molar-refractivity contribution is -0.154. The van der Waals surface area contributed by atoms with E-state index in [1.54, 1.807) is 33.7 Å². The third kappa shape index (κ3) is 4.47. The number of ether oxygens (including phenoxy) is 1. The van der Waals surface area contributed by atoms with Crippen LogP contribution in [0.1, 0.15) is 26.2 Å². The van der Waals surface area contributed by atoms with E-state index >= 15 is 0 Å². The molecular formula is C31H36N2O5S. The summed E-state index contributed by atoms with van der Waals surface area (Å²) in [4.78, 5) is 45.4. The van der Waals surface area contributed by atoms with Crippen molar-refractivity contribution in [1.29, 1.82) is 0 Å². The van der Waals surface area contributed by atoms with Gasteiger partial charge in [-0.15, -0.1) is 24.9 Å². The normalized spacial score (nSPS) is 28.9. The van der Waals surface area contributed by atoms with Crippen LogP contribution in [-0.2, 0) is 19.1 Å². The van der Waals surface area contributed by atoms with Gasteiger partial charge in [-0.1, -0.05) is 49.4 Å². The average molecular weight is 549 g/mol. The Kier molecular flexibility index (Phi) is 7.87. The van der Waals surface area contributed by atoms with Crippen LogP contribution in [0.3, 0.4) is 0 Å². The van der Waals surface area contributed by atoms with Crippen molar-refractivity contribution in [3.8, 4) is 0 Å². The Hall–Kier alpha value is -3.10. The van der Waals surface area contributed by atoms with Crippen molar-refractivity contribution in [2.24, 2.45) is 17.8 Å². The number of hydrogen-bond donors (Lipinski definition) is 1. The van der Waals surface area contributed by atoms with Crippen LogP contribution in [-0.4, -0.2) is 70.1 Å². The minimum absolute atomic E-state index is 0.0499. The van der Waals surface area contributed by atoms with Crippen molar-refractivity contribution in [2.75, 3.05) is 31.2 Å². The van der Waals surface area contributed by atoms with Gasteiger partial charge in [0.05, 0.1) is 23.2 Å². The highest BCUT2D eigenvalue weighted by Crippen LogP contribution is 2.68. The highest BCUT2D eigenvalue weighted by Gasteiger charge is 2.76. The maximum Gasteiger partial charge on any atom is 0.310 e. The van der Waals surface area contributed by atoms with Gasteiger partial charge in [0.1, 0.15) is 6.04 Å². The minimum Gasteiger partial charge on any atom is -0.465 e. The van der Waals surface area contributed by atoms with E-state index in [4.69, 9.17) is 4.74 Å². The van der Waals surface area contributed by atoms with E-state index in [1.807, 2.05) is 42.5 Å². The van der Waals surface area contributed by atoms with E-state index in [0.29, 0.717) is 12.8 Å². The first-order chi connectivity index (χ1) is 18.9. The van der Waals surface area contributed by atoms with Gasteiger partial charge < -0.3 is 19.6 Å². The van der Waals surface area contributed by atoms with Gasteiger partial charge >= 0.3 is 5.97 Å². The highest BCUT2D eigenvalue weighted by molar-refractivity contribution is 8.02. The summed E-state index contributed by atoms with van der Waals surface area (Å²) in [6.45, 7) is 10.3. The van der Waals surface area contributed by atoms with Gasteiger partial charge in [0.25, 0.3) is 5.91 Å². The van der Waals surface area contributed by atoms with Crippen LogP contribution in [0.2, 0.25) is 0 Å². The molecule has 2 amide bonds. The lowest BCUT2D eigenvalue weighted by Gasteiger charge is -2.40. The van der Waals surface area contributed by atoms with E-state index in [9.17, 15) is 19.5 Å². The molecule has 3 heterocycles. The number of fused-ring (bicyclic) bond motifs is 2. The van der Waals surface area contributed by atoms with Gasteiger partial charge in [-0.3, -0.25) is 14.4 Å². The lowest BCUT2D eigenvalue weighted by atomic mass is 9.66. The number of thioether (sulfide) groups is 1. The molecule has 39 heavy (non-hydrogen) atoms. The molecule has 0 aromatic heterocycles. The van der Waals surface area contributed by atoms with Crippen LogP contribution in [0.15, 0.2) is 67.8 Å². The molecule has 6 atom stereocenters. The van der Waals surface area contributed by atoms with Crippen molar-refractivity contribution in [3.05, 3.63) is 67.8 Å². The van der Waals surface area contributed by atoms with Crippen LogP contribution in [0.25, 0.3) is 10.8 Å². The molecule has 3 saturated heterocycles. The molecule has 3 unspecified atom stereocenters. The second-order valence-corrected chi connectivity index (χ2v) is 12.2. The number of rotatable bonds is 11. The number of anilines is 1. The molecule has 1 spiro atoms. The van der Waals surface area contributed by atoms with Crippen molar-refractivity contribution < 1.29 is 24.2 Å². The van der Waals surface area contributed by atoms with Crippen LogP contribution in [0.5, 0.6) is 0 Å². The molecule has 0 aliphatic carbocycles. The van der Waals surface area contributed by atoms with Gasteiger partial charge in [0, 0.05) is 30.6 Å². The molecule has 0 radical (unpaired) electrons. The molecule has 7 nitrogen and oxygen atoms in total. The number of carbonyl (C=O) groups is 3. The number of likely N-dealkylation sites (tertiary alicyclic amines) is 1. The topological polar surface area (TPSA) is 87.1 Å². The first kappa shape index (κ1) is 27.5. The van der Waals surface area contributed by atoms with Crippen molar-refractivity contribution >= 4 is 46.0 Å². The first-order valence-corrected chi connectivity index (χ1v) is 14.5. The van der Waals surface area contributed by atoms with E-state index in [0.717, 1.165) is 22.9 Å². The Bertz CT molecular complexity index is 1300. The molecule has 5 rings (SSSR count). The summed E-state index contributed by atoms with van der Waals surface area (Å²) in [7, 11) is 0. The SMILES string of the molecule is C=CCCOC(=O)[C@@H]1[C@H]2C(=O)N(CCCO)C(C(=O)N(CC=C)c3ccc4ccccc4c3)C23S[C@@H]1CC3C. The number of nitrogens with zero attached hydrogens (tertiary/aromatic N) is 2. The zero-order valence-corrected chi connectivity index (χ0v) is 23.1. The van der Waals surface area contributed by atoms with Gasteiger partial charge in [-0.2, -0.15) is 0 Å². The molecule has 3 aliphatic heterocycles. The van der Waals surface area contributed by atoms with Gasteiger partial charge in [0.2, 0.25) is 5.91 Å². The summed E-state index contributed by atoms with van der Waals surface area (Å²) in [6.07, 6.45) is 5.03. The second kappa shape index (κ2) is 11.2. The summed E-state index contributed by atoms with van der Waals surface area (Å²) in [5.74, 6) is -1.91. The standard InChI is InChI=1S/C31H36N2O5S/c1-4-6-17-38-30(37)25-24-18-20(3)31(39-24)26(25)28(35)33(15-9-16-34)27(31)29(36)32(14-5-2)23-13-12-21-10-7-8-11-22(21)19-23/h4-5,7-8,10-13,19-20,24-27,34H,1-2,6,9,14-18H2,3H3/t20?,24-,25+,26+,27?,31?/m1/s1. The first-order valence-electron chi connectivity index (χ1n) is 13.7. The Morgan fingerprint density at radius 1 is 1.21 bits per heavy atom. The average Bonchev–Trinajstić information content (AvgIpc) is 3.53. The Labute approximate surface area is 233 Å². The molecule has 2 aromatic rings. The molecule has 8 heteroatoms. The van der Waals surface area contributed by atoms with E-state index in [-0.39, 0.29) is 55.3 Å². The second-order valence-electron chi connectivity index (χ2n) is 10.7. The minimum atomic E-state index is -0.760. The molecular weight excluding hydrogens is 512 g/mol. The largest absolute Gasteiger partial charge is 0.465 e. The van der Waals surface area contributed by atoms with Gasteiger partial charge in [-0.05, 0) is 48.1 Å². The molecule has 206 valence electrons. The fraction of sp³-hybridized carbons (Fsp3) is 0.452. The number of carbonyl (C=O) groups excluding carboxylic acids is 3. The maximum atomic E-state index is 14.6. The molecule has 1 N–H and O–H groups in total. The third-order valence-electron chi connectivity index (χ3n) is 8.50. The molecule has 3 aliphatic rings. The Morgan fingerprint density at radius 2 is 1.97 bits per heavy atom. The molecule has 0 saturated carbocycles. The Balaban J connectivity index is 1.55. The number of hydrogen-bond acceptors (Lipinski definition) is 6. The number of aliphatic hydroxyl groups is 1. The zero-order chi connectivity index (χ0) is 27.7. The van der Waals surface area contributed by atoms with Crippen LogP contribution in [0.4, 0.5) is 5.69 Å². The third-order valence-corrected chi connectivity index (χ3v) is 10.6. The van der Waals surface area contributed by atoms with Crippen LogP contribution >= 0.6 is 11.8 Å². The predicted molar refractivity (Wildman–Crippen MR) is 154 cm³/mol. The number of esters is 1. The number of aliphatic hydroxyl groups excluding tert-OH is 1. The summed E-state index contributed by atoms with van der Waals surface area (Å²) in [6, 6.07) is 13.1. The van der Waals surface area contributed by atoms with Gasteiger partial charge in [-0.25, -0.2) is 0 Å². The van der Waals surface area contributed by atoms with Crippen molar-refractivity contribution in [3.63, 3.8) is 0 Å². The summed E-state index contributed by atoms with van der Waals surface area (Å²) in [5, 5.41) is 11.6. The molecule has 2 aromatic carbocycles. The maximum absolute atomic E-state index is 14.6. The predicted octanol–water partition coefficient (Wildman–Crippen LogP) is 4.20. The smallest absolute Gasteiger partial charge is 0.310 e. The van der Waals surface area contributed by atoms with Crippen molar-refractivity contribution in [1.82, 2.24) is 4.90 Å². The fourth-order valence-electron chi connectivity index (χ4n) is 6.83. The monoisotopic (exact) mass is 548 g/mol. The molecule has 2 bridgehead atoms. The van der Waals surface area contributed by atoms with Crippen molar-refractivity contribution in [2.45, 2.75) is 42.2 Å². The Morgan fingerprint density at radius 3 is 2.69 bits per heavy atom. The van der Waals surface area contributed by atoms with Gasteiger partial charge in [0.15, 0.2) is 0 Å². The molecule has 3 fully saturated rings. The zero-order valence-electron chi connectivity index (χ0n) is 22.3. The summed E-state index contributed by atoms with van der Waals surface area (Å²) < 4.78 is 4.83. The highest BCUT2D eigenvalue weighted by atomic mass is 32.2. The summed E-state index contributed by atoms with van der Waals surface area (Å²) in [5.41, 5.74) is 0.735. The van der Waals surface area contributed by atoms with E-state index in [1.165, 1.54) is 0 Å². The quantitative estimate of drug-likeness (QED) is 0.257. The van der Waals surface area contributed by atoms with E-state index < -0.39 is 22.6 Å². The number of benzene rings is 2. The fourth-order valence-corrected chi connectivity index (χ4v) is 9.24. The van der Waals surface area contributed by atoms with E-state index in [2.05, 4.69) is 20.1 Å². The van der Waals surface area contributed by atoms with Crippen LogP contribution in [0, 0.1) is 17.8 Å². The number of amides is 2. The lowest BCUT2D eigenvalue weighted by Crippen LogP contribution is -2.57.